The van der Waals surface area contributed by atoms with E-state index in [1.54, 1.807) is 0 Å². The highest BCUT2D eigenvalue weighted by Crippen LogP contribution is 2.27. The third-order valence-electron chi connectivity index (χ3n) is 13.3. The number of esters is 2. The molecule has 11 atom stereocenters. The fraction of sp³-hybridized carbons (Fsp3) is 0.962. The molecule has 0 saturated carbocycles. The van der Waals surface area contributed by atoms with Gasteiger partial charge in [-0.1, -0.05) is 200 Å². The molecule has 0 radical (unpaired) electrons. The van der Waals surface area contributed by atoms with Gasteiger partial charge < -0.3 is 64.2 Å². The van der Waals surface area contributed by atoms with Crippen LogP contribution in [0.25, 0.3) is 0 Å². The molecule has 2 heterocycles. The van der Waals surface area contributed by atoms with Crippen molar-refractivity contribution in [3.05, 3.63) is 0 Å². The highest BCUT2D eigenvalue weighted by Gasteiger charge is 2.47. The van der Waals surface area contributed by atoms with E-state index in [2.05, 4.69) is 13.8 Å². The molecule has 0 spiro atoms. The summed E-state index contributed by atoms with van der Waals surface area (Å²) in [6, 6.07) is 0. The van der Waals surface area contributed by atoms with Gasteiger partial charge in [-0.3, -0.25) is 9.59 Å². The Morgan fingerprint density at radius 2 is 0.761 bits per heavy atom. The Morgan fingerprint density at radius 1 is 0.418 bits per heavy atom. The summed E-state index contributed by atoms with van der Waals surface area (Å²) in [6.45, 7) is 2.59. The summed E-state index contributed by atoms with van der Waals surface area (Å²) in [7, 11) is 0. The first kappa shape index (κ1) is 61.6. The van der Waals surface area contributed by atoms with Crippen molar-refractivity contribution in [1.29, 1.82) is 0 Å². The fourth-order valence-electron chi connectivity index (χ4n) is 8.87. The third-order valence-corrected chi connectivity index (χ3v) is 13.3. The highest BCUT2D eigenvalue weighted by molar-refractivity contribution is 5.70. The SMILES string of the molecule is CCCCCCCCCCCCCCCCCCCCCCCCCC(=O)OC(COC(=O)CCCCCCCCCC)COC1OC(COC2OC(CO)C(O)C(O)C2O)C(O)C(O)C1O. The first-order chi connectivity index (χ1) is 32.5. The zero-order valence-corrected chi connectivity index (χ0v) is 41.9. The van der Waals surface area contributed by atoms with Crippen LogP contribution in [0, 0.1) is 0 Å². The van der Waals surface area contributed by atoms with E-state index in [9.17, 15) is 45.3 Å². The molecule has 15 heteroatoms. The van der Waals surface area contributed by atoms with Gasteiger partial charge in [-0.2, -0.15) is 0 Å². The highest BCUT2D eigenvalue weighted by atomic mass is 16.7. The minimum atomic E-state index is -1.76. The average molecular weight is 963 g/mol. The Kier molecular flexibility index (Phi) is 36.9. The van der Waals surface area contributed by atoms with Crippen LogP contribution in [0.2, 0.25) is 0 Å². The Morgan fingerprint density at radius 3 is 1.16 bits per heavy atom. The van der Waals surface area contributed by atoms with Gasteiger partial charge >= 0.3 is 11.9 Å². The summed E-state index contributed by atoms with van der Waals surface area (Å²) in [4.78, 5) is 25.7. The van der Waals surface area contributed by atoms with E-state index in [-0.39, 0.29) is 26.1 Å². The second kappa shape index (κ2) is 40.1. The van der Waals surface area contributed by atoms with Crippen LogP contribution in [-0.4, -0.2) is 142 Å². The van der Waals surface area contributed by atoms with E-state index >= 15 is 0 Å². The van der Waals surface area contributed by atoms with Crippen LogP contribution in [-0.2, 0) is 38.0 Å². The van der Waals surface area contributed by atoms with Crippen LogP contribution in [0.15, 0.2) is 0 Å². The summed E-state index contributed by atoms with van der Waals surface area (Å²) in [5.74, 6) is -0.915. The second-order valence-electron chi connectivity index (χ2n) is 19.4. The normalized spacial score (nSPS) is 25.9. The molecule has 15 nitrogen and oxygen atoms in total. The van der Waals surface area contributed by atoms with Gasteiger partial charge in [-0.15, -0.1) is 0 Å². The van der Waals surface area contributed by atoms with Crippen molar-refractivity contribution < 1.29 is 73.8 Å². The topological polar surface area (TPSA) is 231 Å². The van der Waals surface area contributed by atoms with Crippen molar-refractivity contribution in [2.75, 3.05) is 26.4 Å². The van der Waals surface area contributed by atoms with Crippen molar-refractivity contribution in [2.45, 2.75) is 293 Å². The molecule has 2 aliphatic heterocycles. The molecule has 0 aliphatic carbocycles. The molecule has 0 bridgehead atoms. The lowest BCUT2D eigenvalue weighted by atomic mass is 9.98. The predicted octanol–water partition coefficient (Wildman–Crippen LogP) is 8.00. The third kappa shape index (κ3) is 28.2. The van der Waals surface area contributed by atoms with Crippen molar-refractivity contribution in [1.82, 2.24) is 0 Å². The minimum absolute atomic E-state index is 0.173. The maximum absolute atomic E-state index is 13.0. The zero-order chi connectivity index (χ0) is 48.9. The van der Waals surface area contributed by atoms with Gasteiger partial charge in [0.15, 0.2) is 18.7 Å². The number of aliphatic hydroxyl groups is 7. The maximum atomic E-state index is 13.0. The largest absolute Gasteiger partial charge is 0.462 e. The molecular formula is C52H98O15. The number of ether oxygens (including phenoxy) is 6. The fourth-order valence-corrected chi connectivity index (χ4v) is 8.87. The Hall–Kier alpha value is -1.50. The molecule has 2 fully saturated rings. The van der Waals surface area contributed by atoms with Crippen LogP contribution in [0.4, 0.5) is 0 Å². The van der Waals surface area contributed by atoms with Crippen LogP contribution < -0.4 is 0 Å². The number of rotatable bonds is 43. The number of aliphatic hydroxyl groups excluding tert-OH is 7. The molecule has 0 amide bonds. The molecule has 396 valence electrons. The first-order valence-electron chi connectivity index (χ1n) is 27.1. The number of carbonyl (C=O) groups excluding carboxylic acids is 2. The standard InChI is InChI=1S/C52H98O15/c1-3-5-7-9-11-13-14-15-16-17-18-19-20-21-22-23-24-25-26-27-29-31-33-35-44(55)65-40(37-62-43(54)34-32-30-28-12-10-8-6-4-2)38-63-51-50(61)48(59)46(57)42(67-51)39-64-52-49(60)47(58)45(56)41(36-53)66-52/h40-42,45-53,56-61H,3-39H2,1-2H3. The molecule has 11 unspecified atom stereocenters. The van der Waals surface area contributed by atoms with Gasteiger partial charge in [0, 0.05) is 12.8 Å². The van der Waals surface area contributed by atoms with E-state index in [1.165, 1.54) is 148 Å². The van der Waals surface area contributed by atoms with Crippen LogP contribution in [0.3, 0.4) is 0 Å². The lowest BCUT2D eigenvalue weighted by Crippen LogP contribution is -2.61. The lowest BCUT2D eigenvalue weighted by Gasteiger charge is -2.42. The van der Waals surface area contributed by atoms with Crippen molar-refractivity contribution in [2.24, 2.45) is 0 Å². The monoisotopic (exact) mass is 963 g/mol. The van der Waals surface area contributed by atoms with Crippen molar-refractivity contribution in [3.8, 4) is 0 Å². The van der Waals surface area contributed by atoms with E-state index in [1.807, 2.05) is 0 Å². The van der Waals surface area contributed by atoms with E-state index < -0.39 is 92.7 Å². The summed E-state index contributed by atoms with van der Waals surface area (Å²) < 4.78 is 33.5. The minimum Gasteiger partial charge on any atom is -0.462 e. The van der Waals surface area contributed by atoms with E-state index in [0.29, 0.717) is 12.8 Å². The smallest absolute Gasteiger partial charge is 0.306 e. The molecule has 0 aromatic heterocycles. The predicted molar refractivity (Wildman–Crippen MR) is 257 cm³/mol. The molecule has 7 N–H and O–H groups in total. The molecule has 2 saturated heterocycles. The Bertz CT molecular complexity index is 1180. The summed E-state index contributed by atoms with van der Waals surface area (Å²) in [5, 5.41) is 72.0. The first-order valence-corrected chi connectivity index (χ1v) is 27.1. The van der Waals surface area contributed by atoms with Gasteiger partial charge in [-0.25, -0.2) is 0 Å². The Balaban J connectivity index is 1.70. The molecule has 0 aromatic carbocycles. The van der Waals surface area contributed by atoms with Crippen LogP contribution in [0.1, 0.15) is 226 Å². The number of hydrogen-bond donors (Lipinski definition) is 7. The zero-order valence-electron chi connectivity index (χ0n) is 41.9. The maximum Gasteiger partial charge on any atom is 0.306 e. The van der Waals surface area contributed by atoms with Crippen molar-refractivity contribution in [3.63, 3.8) is 0 Å². The quantitative estimate of drug-likeness (QED) is 0.0227. The van der Waals surface area contributed by atoms with Gasteiger partial charge in [0.1, 0.15) is 55.4 Å². The summed E-state index contributed by atoms with van der Waals surface area (Å²) in [5.41, 5.74) is 0. The number of carbonyl (C=O) groups is 2. The summed E-state index contributed by atoms with van der Waals surface area (Å²) >= 11 is 0. The van der Waals surface area contributed by atoms with Crippen molar-refractivity contribution >= 4 is 11.9 Å². The van der Waals surface area contributed by atoms with Gasteiger partial charge in [-0.05, 0) is 12.8 Å². The van der Waals surface area contributed by atoms with Gasteiger partial charge in [0.05, 0.1) is 19.8 Å². The molecule has 2 aliphatic rings. The molecule has 2 rings (SSSR count). The van der Waals surface area contributed by atoms with Gasteiger partial charge in [0.2, 0.25) is 0 Å². The number of unbranched alkanes of at least 4 members (excludes halogenated alkanes) is 29. The van der Waals surface area contributed by atoms with E-state index in [4.69, 9.17) is 28.4 Å². The second-order valence-corrected chi connectivity index (χ2v) is 19.4. The van der Waals surface area contributed by atoms with Crippen LogP contribution in [0.5, 0.6) is 0 Å². The average Bonchev–Trinajstić information content (AvgIpc) is 3.32. The molecule has 0 aromatic rings. The lowest BCUT2D eigenvalue weighted by molar-refractivity contribution is -0.332. The van der Waals surface area contributed by atoms with Gasteiger partial charge in [0.25, 0.3) is 0 Å². The number of hydrogen-bond acceptors (Lipinski definition) is 15. The Labute approximate surface area is 404 Å². The van der Waals surface area contributed by atoms with Crippen LogP contribution >= 0.6 is 0 Å². The summed E-state index contributed by atoms with van der Waals surface area (Å²) in [6.07, 6.45) is 21.6. The van der Waals surface area contributed by atoms with E-state index in [0.717, 1.165) is 38.5 Å². The molecular weight excluding hydrogens is 865 g/mol. The molecule has 67 heavy (non-hydrogen) atoms.